The summed E-state index contributed by atoms with van der Waals surface area (Å²) in [6.07, 6.45) is 4.14. The molecule has 4 heteroatoms. The first kappa shape index (κ1) is 9.46. The Bertz CT molecular complexity index is 287. The van der Waals surface area contributed by atoms with Gasteiger partial charge in [0.1, 0.15) is 0 Å². The molecule has 1 aromatic heterocycles. The van der Waals surface area contributed by atoms with Crippen LogP contribution in [0.1, 0.15) is 12.1 Å². The molecule has 0 saturated carbocycles. The van der Waals surface area contributed by atoms with Crippen LogP contribution in [0.15, 0.2) is 16.7 Å². The first-order valence-corrected chi connectivity index (χ1v) is 6.34. The van der Waals surface area contributed by atoms with Crippen molar-refractivity contribution in [2.24, 2.45) is 5.92 Å². The van der Waals surface area contributed by atoms with E-state index >= 15 is 0 Å². The summed E-state index contributed by atoms with van der Waals surface area (Å²) in [5, 5.41) is 8.04. The zero-order valence-electron chi connectivity index (χ0n) is 7.24. The van der Waals surface area contributed by atoms with E-state index in [9.17, 15) is 0 Å². The number of hydrogen-bond donors (Lipinski definition) is 0. The highest BCUT2D eigenvalue weighted by molar-refractivity contribution is 9.10. The topological polar surface area (TPSA) is 25.8 Å². The Morgan fingerprint density at radius 2 is 2.54 bits per heavy atom. The lowest BCUT2D eigenvalue weighted by molar-refractivity contribution is 0.581. The summed E-state index contributed by atoms with van der Waals surface area (Å²) in [5.41, 5.74) is 1.11. The fraction of sp³-hybridized carbons (Fsp3) is 0.556. The predicted octanol–water partition coefficient (Wildman–Crippen LogP) is 2.53. The summed E-state index contributed by atoms with van der Waals surface area (Å²) < 4.78 is 1.03. The number of rotatable bonds is 2. The quantitative estimate of drug-likeness (QED) is 0.816. The fourth-order valence-corrected chi connectivity index (χ4v) is 3.16. The first-order chi connectivity index (χ1) is 6.34. The highest BCUT2D eigenvalue weighted by Gasteiger charge is 2.16. The van der Waals surface area contributed by atoms with Crippen molar-refractivity contribution in [1.82, 2.24) is 10.2 Å². The van der Waals surface area contributed by atoms with Gasteiger partial charge in [0.25, 0.3) is 0 Å². The summed E-state index contributed by atoms with van der Waals surface area (Å²) in [6.45, 7) is 0. The van der Waals surface area contributed by atoms with Crippen molar-refractivity contribution >= 4 is 27.7 Å². The van der Waals surface area contributed by atoms with E-state index in [1.807, 2.05) is 11.8 Å². The molecule has 1 aromatic rings. The number of halogens is 1. The maximum absolute atomic E-state index is 4.11. The zero-order chi connectivity index (χ0) is 9.10. The molecule has 0 amide bonds. The zero-order valence-corrected chi connectivity index (χ0v) is 9.64. The number of aromatic nitrogens is 2. The van der Waals surface area contributed by atoms with E-state index in [0.29, 0.717) is 0 Å². The van der Waals surface area contributed by atoms with Crippen LogP contribution in [0.25, 0.3) is 0 Å². The summed E-state index contributed by atoms with van der Waals surface area (Å²) in [6, 6.07) is 2.07. The Morgan fingerprint density at radius 3 is 3.23 bits per heavy atom. The molecule has 13 heavy (non-hydrogen) atoms. The van der Waals surface area contributed by atoms with Crippen LogP contribution in [-0.4, -0.2) is 21.7 Å². The highest BCUT2D eigenvalue weighted by Crippen LogP contribution is 2.26. The minimum absolute atomic E-state index is 0.814. The van der Waals surface area contributed by atoms with Gasteiger partial charge in [-0.05, 0) is 52.3 Å². The molecule has 0 spiro atoms. The molecule has 1 fully saturated rings. The molecule has 2 nitrogen and oxygen atoms in total. The minimum atomic E-state index is 0.814. The lowest BCUT2D eigenvalue weighted by atomic mass is 10.0. The van der Waals surface area contributed by atoms with Crippen molar-refractivity contribution in [3.63, 3.8) is 0 Å². The maximum Gasteiger partial charge on any atom is 0.0645 e. The molecule has 0 radical (unpaired) electrons. The van der Waals surface area contributed by atoms with Gasteiger partial charge in [0.05, 0.1) is 11.9 Å². The van der Waals surface area contributed by atoms with E-state index in [4.69, 9.17) is 0 Å². The van der Waals surface area contributed by atoms with Crippen LogP contribution in [0.4, 0.5) is 0 Å². The molecule has 0 aromatic carbocycles. The largest absolute Gasteiger partial charge is 0.162 e. The lowest BCUT2D eigenvalue weighted by Gasteiger charge is -2.05. The average Bonchev–Trinajstić information content (AvgIpc) is 2.57. The van der Waals surface area contributed by atoms with Gasteiger partial charge in [-0.1, -0.05) is 0 Å². The first-order valence-electron chi connectivity index (χ1n) is 4.39. The molecule has 0 bridgehead atoms. The SMILES string of the molecule is Brc1cnnc(CC2CCSC2)c1. The van der Waals surface area contributed by atoms with Crippen molar-refractivity contribution in [3.8, 4) is 0 Å². The number of hydrogen-bond acceptors (Lipinski definition) is 3. The number of nitrogens with zero attached hydrogens (tertiary/aromatic N) is 2. The minimum Gasteiger partial charge on any atom is -0.162 e. The Kier molecular flexibility index (Phi) is 3.22. The monoisotopic (exact) mass is 258 g/mol. The third kappa shape index (κ3) is 2.68. The van der Waals surface area contributed by atoms with Gasteiger partial charge >= 0.3 is 0 Å². The van der Waals surface area contributed by atoms with Crippen molar-refractivity contribution < 1.29 is 0 Å². The third-order valence-corrected chi connectivity index (χ3v) is 3.86. The molecule has 1 atom stereocenters. The molecule has 70 valence electrons. The average molecular weight is 259 g/mol. The number of thioether (sulfide) groups is 1. The van der Waals surface area contributed by atoms with Crippen molar-refractivity contribution in [3.05, 3.63) is 22.4 Å². The van der Waals surface area contributed by atoms with E-state index in [0.717, 1.165) is 22.5 Å². The summed E-state index contributed by atoms with van der Waals surface area (Å²) in [7, 11) is 0. The Labute approximate surface area is 90.6 Å². The molecule has 2 heterocycles. The molecule has 1 aliphatic heterocycles. The molecule has 2 rings (SSSR count). The summed E-state index contributed by atoms with van der Waals surface area (Å²) >= 11 is 5.45. The standard InChI is InChI=1S/C9H11BrN2S/c10-8-4-9(12-11-5-8)3-7-1-2-13-6-7/h4-5,7H,1-3,6H2. The summed E-state index contributed by atoms with van der Waals surface area (Å²) in [4.78, 5) is 0. The van der Waals surface area contributed by atoms with Gasteiger partial charge in [-0.15, -0.1) is 0 Å². The normalized spacial score (nSPS) is 22.1. The van der Waals surface area contributed by atoms with E-state index in [-0.39, 0.29) is 0 Å². The third-order valence-electron chi connectivity index (χ3n) is 2.19. The van der Waals surface area contributed by atoms with Crippen molar-refractivity contribution in [2.45, 2.75) is 12.8 Å². The molecule has 1 aliphatic rings. The highest BCUT2D eigenvalue weighted by atomic mass is 79.9. The van der Waals surface area contributed by atoms with Crippen LogP contribution in [0.3, 0.4) is 0 Å². The van der Waals surface area contributed by atoms with Gasteiger partial charge in [0, 0.05) is 4.47 Å². The van der Waals surface area contributed by atoms with E-state index < -0.39 is 0 Å². The lowest BCUT2D eigenvalue weighted by Crippen LogP contribution is -2.04. The van der Waals surface area contributed by atoms with Gasteiger partial charge in [0.2, 0.25) is 0 Å². The summed E-state index contributed by atoms with van der Waals surface area (Å²) in [5.74, 6) is 3.41. The van der Waals surface area contributed by atoms with Crippen LogP contribution >= 0.6 is 27.7 Å². The molecule has 0 N–H and O–H groups in total. The second-order valence-corrected chi connectivity index (χ2v) is 5.36. The molecular weight excluding hydrogens is 248 g/mol. The fourth-order valence-electron chi connectivity index (χ4n) is 1.52. The van der Waals surface area contributed by atoms with E-state index in [1.165, 1.54) is 17.9 Å². The predicted molar refractivity (Wildman–Crippen MR) is 58.9 cm³/mol. The molecular formula is C9H11BrN2S. The molecule has 0 aliphatic carbocycles. The second kappa shape index (κ2) is 4.42. The van der Waals surface area contributed by atoms with Crippen LogP contribution in [0.2, 0.25) is 0 Å². The van der Waals surface area contributed by atoms with Crippen LogP contribution < -0.4 is 0 Å². The van der Waals surface area contributed by atoms with Crippen molar-refractivity contribution in [1.29, 1.82) is 0 Å². The van der Waals surface area contributed by atoms with Gasteiger partial charge in [-0.2, -0.15) is 22.0 Å². The van der Waals surface area contributed by atoms with Gasteiger partial charge in [-0.3, -0.25) is 0 Å². The Morgan fingerprint density at radius 1 is 1.62 bits per heavy atom. The second-order valence-electron chi connectivity index (χ2n) is 3.30. The smallest absolute Gasteiger partial charge is 0.0645 e. The van der Waals surface area contributed by atoms with Gasteiger partial charge in [-0.25, -0.2) is 0 Å². The van der Waals surface area contributed by atoms with Crippen molar-refractivity contribution in [2.75, 3.05) is 11.5 Å². The van der Waals surface area contributed by atoms with E-state index in [1.54, 1.807) is 6.20 Å². The van der Waals surface area contributed by atoms with Crippen LogP contribution in [-0.2, 0) is 6.42 Å². The van der Waals surface area contributed by atoms with Crippen LogP contribution in [0.5, 0.6) is 0 Å². The van der Waals surface area contributed by atoms with Crippen LogP contribution in [0, 0.1) is 5.92 Å². The molecule has 1 unspecified atom stereocenters. The Balaban J connectivity index is 2.00. The van der Waals surface area contributed by atoms with Gasteiger partial charge in [0.15, 0.2) is 0 Å². The van der Waals surface area contributed by atoms with E-state index in [2.05, 4.69) is 32.2 Å². The molecule has 1 saturated heterocycles. The van der Waals surface area contributed by atoms with Gasteiger partial charge < -0.3 is 0 Å². The Hall–Kier alpha value is -0.0900. The maximum atomic E-state index is 4.11.